The Bertz CT molecular complexity index is 579. The van der Waals surface area contributed by atoms with Crippen molar-refractivity contribution in [2.75, 3.05) is 6.61 Å². The molecule has 2 unspecified atom stereocenters. The van der Waals surface area contributed by atoms with Crippen molar-refractivity contribution in [3.05, 3.63) is 47.8 Å². The maximum Gasteiger partial charge on any atom is 0.122 e. The molecule has 1 aliphatic heterocycles. The number of aryl methyl sites for hydroxylation is 2. The van der Waals surface area contributed by atoms with Crippen LogP contribution >= 0.6 is 0 Å². The predicted molar refractivity (Wildman–Crippen MR) is 76.8 cm³/mol. The van der Waals surface area contributed by atoms with Crippen LogP contribution in [-0.2, 0) is 13.5 Å². The number of aliphatic hydroxyl groups excluding tert-OH is 1. The lowest BCUT2D eigenvalue weighted by Crippen LogP contribution is -2.25. The Morgan fingerprint density at radius 1 is 1.45 bits per heavy atom. The van der Waals surface area contributed by atoms with Crippen molar-refractivity contribution < 1.29 is 9.84 Å². The largest absolute Gasteiger partial charge is 0.493 e. The van der Waals surface area contributed by atoms with Gasteiger partial charge in [-0.1, -0.05) is 18.2 Å². The zero-order chi connectivity index (χ0) is 13.9. The van der Waals surface area contributed by atoms with Crippen molar-refractivity contribution in [2.45, 2.75) is 31.3 Å². The molecule has 0 saturated carbocycles. The number of benzene rings is 1. The van der Waals surface area contributed by atoms with E-state index in [4.69, 9.17) is 4.74 Å². The molecule has 1 aromatic heterocycles. The third kappa shape index (κ3) is 2.70. The second kappa shape index (κ2) is 5.67. The highest BCUT2D eigenvalue weighted by Gasteiger charge is 2.27. The topological polar surface area (TPSA) is 47.3 Å². The van der Waals surface area contributed by atoms with Gasteiger partial charge in [-0.15, -0.1) is 0 Å². The number of hydrogen-bond acceptors (Lipinski definition) is 3. The molecule has 4 nitrogen and oxygen atoms in total. The van der Waals surface area contributed by atoms with E-state index in [1.807, 2.05) is 37.6 Å². The SMILES string of the molecule is Cn1cc(CCC(O)C2CCOc3ccccc32)cn1. The van der Waals surface area contributed by atoms with Crippen LogP contribution in [0.4, 0.5) is 0 Å². The number of fused-ring (bicyclic) bond motifs is 1. The third-order valence-electron chi connectivity index (χ3n) is 3.96. The van der Waals surface area contributed by atoms with Gasteiger partial charge in [0.25, 0.3) is 0 Å². The second-order valence-electron chi connectivity index (χ2n) is 5.41. The van der Waals surface area contributed by atoms with Gasteiger partial charge in [0.1, 0.15) is 5.75 Å². The quantitative estimate of drug-likeness (QED) is 0.929. The molecule has 1 aliphatic rings. The van der Waals surface area contributed by atoms with Crippen molar-refractivity contribution in [3.63, 3.8) is 0 Å². The molecule has 0 spiro atoms. The summed E-state index contributed by atoms with van der Waals surface area (Å²) < 4.78 is 7.44. The first kappa shape index (κ1) is 13.2. The van der Waals surface area contributed by atoms with E-state index < -0.39 is 0 Å². The summed E-state index contributed by atoms with van der Waals surface area (Å²) >= 11 is 0. The van der Waals surface area contributed by atoms with Gasteiger partial charge in [0.15, 0.2) is 0 Å². The molecule has 0 amide bonds. The molecule has 0 bridgehead atoms. The van der Waals surface area contributed by atoms with Gasteiger partial charge in [0.2, 0.25) is 0 Å². The van der Waals surface area contributed by atoms with E-state index in [2.05, 4.69) is 11.2 Å². The number of para-hydroxylation sites is 1. The Morgan fingerprint density at radius 2 is 2.30 bits per heavy atom. The molecular formula is C16H20N2O2. The summed E-state index contributed by atoms with van der Waals surface area (Å²) in [6.07, 6.45) is 6.03. The Balaban J connectivity index is 1.67. The molecule has 3 rings (SSSR count). The molecule has 20 heavy (non-hydrogen) atoms. The zero-order valence-corrected chi connectivity index (χ0v) is 11.7. The minimum atomic E-state index is -0.333. The summed E-state index contributed by atoms with van der Waals surface area (Å²) in [7, 11) is 1.91. The fourth-order valence-electron chi connectivity index (χ4n) is 2.89. The van der Waals surface area contributed by atoms with Crippen molar-refractivity contribution in [3.8, 4) is 5.75 Å². The molecule has 4 heteroatoms. The van der Waals surface area contributed by atoms with E-state index in [-0.39, 0.29) is 12.0 Å². The van der Waals surface area contributed by atoms with E-state index in [1.54, 1.807) is 4.68 Å². The van der Waals surface area contributed by atoms with Crippen LogP contribution in [0.2, 0.25) is 0 Å². The lowest BCUT2D eigenvalue weighted by Gasteiger charge is -2.29. The Kier molecular flexibility index (Phi) is 3.74. The summed E-state index contributed by atoms with van der Waals surface area (Å²) in [6, 6.07) is 8.03. The van der Waals surface area contributed by atoms with Crippen LogP contribution in [0.5, 0.6) is 5.75 Å². The number of aliphatic hydroxyl groups is 1. The van der Waals surface area contributed by atoms with Crippen molar-refractivity contribution in [1.29, 1.82) is 0 Å². The van der Waals surface area contributed by atoms with Gasteiger partial charge in [-0.2, -0.15) is 5.10 Å². The molecular weight excluding hydrogens is 252 g/mol. The molecule has 106 valence electrons. The van der Waals surface area contributed by atoms with E-state index in [1.165, 1.54) is 5.56 Å². The van der Waals surface area contributed by atoms with Gasteiger partial charge < -0.3 is 9.84 Å². The highest BCUT2D eigenvalue weighted by atomic mass is 16.5. The maximum atomic E-state index is 10.5. The van der Waals surface area contributed by atoms with E-state index in [9.17, 15) is 5.11 Å². The van der Waals surface area contributed by atoms with Crippen molar-refractivity contribution in [2.24, 2.45) is 7.05 Å². The minimum absolute atomic E-state index is 0.177. The lowest BCUT2D eigenvalue weighted by atomic mass is 9.86. The molecule has 2 atom stereocenters. The van der Waals surface area contributed by atoms with Crippen LogP contribution in [0.1, 0.15) is 29.9 Å². The maximum absolute atomic E-state index is 10.5. The molecule has 0 fully saturated rings. The van der Waals surface area contributed by atoms with Gasteiger partial charge >= 0.3 is 0 Å². The van der Waals surface area contributed by atoms with Crippen molar-refractivity contribution >= 4 is 0 Å². The molecule has 2 aromatic rings. The summed E-state index contributed by atoms with van der Waals surface area (Å²) in [5, 5.41) is 14.7. The Labute approximate surface area is 119 Å². The first-order chi connectivity index (χ1) is 9.74. The summed E-state index contributed by atoms with van der Waals surface area (Å²) in [5.41, 5.74) is 2.31. The molecule has 2 heterocycles. The average Bonchev–Trinajstić information content (AvgIpc) is 2.90. The summed E-state index contributed by atoms with van der Waals surface area (Å²) in [4.78, 5) is 0. The van der Waals surface area contributed by atoms with E-state index in [0.29, 0.717) is 6.61 Å². The smallest absolute Gasteiger partial charge is 0.122 e. The van der Waals surface area contributed by atoms with Crippen LogP contribution in [0.15, 0.2) is 36.7 Å². The Hall–Kier alpha value is -1.81. The van der Waals surface area contributed by atoms with Crippen molar-refractivity contribution in [1.82, 2.24) is 9.78 Å². The number of rotatable bonds is 4. The lowest BCUT2D eigenvalue weighted by molar-refractivity contribution is 0.109. The standard InChI is InChI=1S/C16H20N2O2/c1-18-11-12(10-17-18)6-7-15(19)13-8-9-20-16-5-3-2-4-14(13)16/h2-5,10-11,13,15,19H,6-9H2,1H3. The number of ether oxygens (including phenoxy) is 1. The van der Waals surface area contributed by atoms with Gasteiger partial charge in [-0.3, -0.25) is 4.68 Å². The molecule has 0 radical (unpaired) electrons. The number of nitrogens with zero attached hydrogens (tertiary/aromatic N) is 2. The first-order valence-electron chi connectivity index (χ1n) is 7.11. The van der Waals surface area contributed by atoms with Gasteiger partial charge in [-0.05, 0) is 36.5 Å². The van der Waals surface area contributed by atoms with Crippen LogP contribution in [0.25, 0.3) is 0 Å². The normalized spacial score (nSPS) is 19.2. The Morgan fingerprint density at radius 3 is 3.10 bits per heavy atom. The fraction of sp³-hybridized carbons (Fsp3) is 0.438. The first-order valence-corrected chi connectivity index (χ1v) is 7.11. The number of hydrogen-bond donors (Lipinski definition) is 1. The highest BCUT2D eigenvalue weighted by Crippen LogP contribution is 2.36. The van der Waals surface area contributed by atoms with Crippen LogP contribution in [-0.4, -0.2) is 27.6 Å². The molecule has 0 saturated heterocycles. The van der Waals surface area contributed by atoms with Crippen LogP contribution in [0, 0.1) is 0 Å². The number of aromatic nitrogens is 2. The van der Waals surface area contributed by atoms with E-state index in [0.717, 1.165) is 30.6 Å². The molecule has 0 aliphatic carbocycles. The minimum Gasteiger partial charge on any atom is -0.493 e. The van der Waals surface area contributed by atoms with Gasteiger partial charge in [0.05, 0.1) is 18.9 Å². The van der Waals surface area contributed by atoms with E-state index >= 15 is 0 Å². The monoisotopic (exact) mass is 272 g/mol. The molecule has 1 aromatic carbocycles. The van der Waals surface area contributed by atoms with Gasteiger partial charge in [-0.25, -0.2) is 0 Å². The third-order valence-corrected chi connectivity index (χ3v) is 3.96. The second-order valence-corrected chi connectivity index (χ2v) is 5.41. The van der Waals surface area contributed by atoms with Gasteiger partial charge in [0, 0.05) is 19.2 Å². The summed E-state index contributed by atoms with van der Waals surface area (Å²) in [6.45, 7) is 0.686. The van der Waals surface area contributed by atoms with Crippen LogP contribution in [0.3, 0.4) is 0 Å². The molecule has 1 N–H and O–H groups in total. The van der Waals surface area contributed by atoms with Crippen LogP contribution < -0.4 is 4.74 Å². The zero-order valence-electron chi connectivity index (χ0n) is 11.7. The fourth-order valence-corrected chi connectivity index (χ4v) is 2.89. The predicted octanol–water partition coefficient (Wildman–Crippen LogP) is 2.28. The highest BCUT2D eigenvalue weighted by molar-refractivity contribution is 5.38. The summed E-state index contributed by atoms with van der Waals surface area (Å²) in [5.74, 6) is 1.10. The average molecular weight is 272 g/mol.